The maximum Gasteiger partial charge on any atom is 0.0992 e. The van der Waals surface area contributed by atoms with Crippen LogP contribution in [0.1, 0.15) is 12.5 Å². The highest BCUT2D eigenvalue weighted by Gasteiger charge is 2.05. The van der Waals surface area contributed by atoms with Gasteiger partial charge in [-0.25, -0.2) is 0 Å². The summed E-state index contributed by atoms with van der Waals surface area (Å²) in [6, 6.07) is 7.63. The molecule has 0 saturated carbocycles. The zero-order chi connectivity index (χ0) is 11.3. The van der Waals surface area contributed by atoms with Gasteiger partial charge in [-0.3, -0.25) is 0 Å². The van der Waals surface area contributed by atoms with Crippen LogP contribution in [0.3, 0.4) is 0 Å². The molecule has 0 aromatic heterocycles. The fourth-order valence-electron chi connectivity index (χ4n) is 0.972. The number of halogens is 1. The van der Waals surface area contributed by atoms with Crippen LogP contribution in [0.4, 0.5) is 0 Å². The number of rotatable bonds is 4. The van der Waals surface area contributed by atoms with Crippen LogP contribution in [0.5, 0.6) is 0 Å². The van der Waals surface area contributed by atoms with Crippen LogP contribution in [0.15, 0.2) is 27.6 Å². The van der Waals surface area contributed by atoms with Crippen molar-refractivity contribution >= 4 is 27.7 Å². The van der Waals surface area contributed by atoms with Crippen molar-refractivity contribution in [3.05, 3.63) is 28.2 Å². The molecule has 0 aliphatic carbocycles. The summed E-state index contributed by atoms with van der Waals surface area (Å²) < 4.78 is 0.941. The largest absolute Gasteiger partial charge is 0.396 e. The van der Waals surface area contributed by atoms with Crippen molar-refractivity contribution in [1.82, 2.24) is 0 Å². The first-order chi connectivity index (χ1) is 7.17. The number of nitriles is 1. The first-order valence-corrected chi connectivity index (χ1v) is 6.38. The molecule has 1 rings (SSSR count). The molecule has 0 aliphatic heterocycles. The molecule has 15 heavy (non-hydrogen) atoms. The Morgan fingerprint density at radius 3 is 2.87 bits per heavy atom. The smallest absolute Gasteiger partial charge is 0.0992 e. The van der Waals surface area contributed by atoms with E-state index in [1.54, 1.807) is 17.8 Å². The summed E-state index contributed by atoms with van der Waals surface area (Å²) in [4.78, 5) is 1.11. The van der Waals surface area contributed by atoms with Gasteiger partial charge in [0.05, 0.1) is 11.6 Å². The van der Waals surface area contributed by atoms with E-state index < -0.39 is 0 Å². The van der Waals surface area contributed by atoms with Crippen molar-refractivity contribution in [2.24, 2.45) is 5.92 Å². The van der Waals surface area contributed by atoms with Gasteiger partial charge in [-0.1, -0.05) is 6.92 Å². The predicted octanol–water partition coefficient (Wildman–Crippen LogP) is 3.04. The molecule has 0 spiro atoms. The van der Waals surface area contributed by atoms with Crippen molar-refractivity contribution in [3.63, 3.8) is 0 Å². The van der Waals surface area contributed by atoms with Crippen molar-refractivity contribution in [2.75, 3.05) is 12.4 Å². The Labute approximate surface area is 102 Å². The molecule has 1 N–H and O–H groups in total. The number of benzene rings is 1. The third-order valence-corrected chi connectivity index (χ3v) is 4.22. The van der Waals surface area contributed by atoms with E-state index in [2.05, 4.69) is 22.0 Å². The zero-order valence-electron chi connectivity index (χ0n) is 8.40. The number of hydrogen-bond acceptors (Lipinski definition) is 3. The Morgan fingerprint density at radius 2 is 2.33 bits per heavy atom. The van der Waals surface area contributed by atoms with Crippen LogP contribution in [0.25, 0.3) is 0 Å². The van der Waals surface area contributed by atoms with Crippen LogP contribution in [-0.4, -0.2) is 17.5 Å². The molecule has 0 saturated heterocycles. The number of hydrogen-bond donors (Lipinski definition) is 1. The molecule has 0 fully saturated rings. The van der Waals surface area contributed by atoms with Gasteiger partial charge in [0.25, 0.3) is 0 Å². The topological polar surface area (TPSA) is 44.0 Å². The van der Waals surface area contributed by atoms with Gasteiger partial charge in [0.2, 0.25) is 0 Å². The van der Waals surface area contributed by atoms with E-state index in [-0.39, 0.29) is 12.5 Å². The summed E-state index contributed by atoms with van der Waals surface area (Å²) >= 11 is 5.11. The van der Waals surface area contributed by atoms with Gasteiger partial charge < -0.3 is 5.11 Å². The van der Waals surface area contributed by atoms with E-state index in [1.165, 1.54) is 0 Å². The summed E-state index contributed by atoms with van der Waals surface area (Å²) in [5.74, 6) is 1.17. The average Bonchev–Trinajstić information content (AvgIpc) is 2.26. The highest BCUT2D eigenvalue weighted by atomic mass is 79.9. The lowest BCUT2D eigenvalue weighted by molar-refractivity contribution is 0.250. The van der Waals surface area contributed by atoms with Crippen molar-refractivity contribution in [2.45, 2.75) is 11.8 Å². The van der Waals surface area contributed by atoms with E-state index in [0.29, 0.717) is 5.56 Å². The number of thioether (sulfide) groups is 1. The molecule has 1 aromatic rings. The van der Waals surface area contributed by atoms with Gasteiger partial charge in [0.1, 0.15) is 0 Å². The summed E-state index contributed by atoms with van der Waals surface area (Å²) in [6.45, 7) is 2.21. The standard InChI is InChI=1S/C11H12BrNOS/c1-8(6-14)7-15-11-3-2-9(5-13)4-10(11)12/h2-4,8,14H,6-7H2,1H3. The average molecular weight is 286 g/mol. The molecule has 0 amide bonds. The molecule has 0 bridgehead atoms. The van der Waals surface area contributed by atoms with Crippen LogP contribution in [0, 0.1) is 17.2 Å². The fraction of sp³-hybridized carbons (Fsp3) is 0.364. The minimum atomic E-state index is 0.209. The summed E-state index contributed by atoms with van der Waals surface area (Å²) in [5.41, 5.74) is 0.654. The van der Waals surface area contributed by atoms with Gasteiger partial charge in [-0.2, -0.15) is 5.26 Å². The second kappa shape index (κ2) is 6.16. The molecular formula is C11H12BrNOS. The molecule has 0 aliphatic rings. The Kier molecular flexibility index (Phi) is 5.16. The predicted molar refractivity (Wildman–Crippen MR) is 65.8 cm³/mol. The molecule has 2 nitrogen and oxygen atoms in total. The van der Waals surface area contributed by atoms with Crippen LogP contribution in [-0.2, 0) is 0 Å². The quantitative estimate of drug-likeness (QED) is 0.865. The number of aliphatic hydroxyl groups excluding tert-OH is 1. The first kappa shape index (κ1) is 12.6. The van der Waals surface area contributed by atoms with Crippen LogP contribution >= 0.6 is 27.7 Å². The Morgan fingerprint density at radius 1 is 1.60 bits per heavy atom. The SMILES string of the molecule is CC(CO)CSc1ccc(C#N)cc1Br. The molecule has 4 heteroatoms. The lowest BCUT2D eigenvalue weighted by atomic mass is 10.2. The molecule has 0 radical (unpaired) electrons. The maximum absolute atomic E-state index is 8.90. The summed E-state index contributed by atoms with van der Waals surface area (Å²) in [6.07, 6.45) is 0. The van der Waals surface area contributed by atoms with Crippen molar-refractivity contribution in [1.29, 1.82) is 5.26 Å². The second-order valence-electron chi connectivity index (χ2n) is 3.36. The molecular weight excluding hydrogens is 274 g/mol. The van der Waals surface area contributed by atoms with E-state index in [0.717, 1.165) is 15.1 Å². The number of nitrogens with zero attached hydrogens (tertiary/aromatic N) is 1. The van der Waals surface area contributed by atoms with E-state index in [1.807, 2.05) is 19.1 Å². The fourth-order valence-corrected chi connectivity index (χ4v) is 2.62. The third kappa shape index (κ3) is 3.86. The highest BCUT2D eigenvalue weighted by Crippen LogP contribution is 2.29. The van der Waals surface area contributed by atoms with Crippen molar-refractivity contribution < 1.29 is 5.11 Å². The van der Waals surface area contributed by atoms with Gasteiger partial charge in [-0.05, 0) is 40.0 Å². The highest BCUT2D eigenvalue weighted by molar-refractivity contribution is 9.10. The minimum absolute atomic E-state index is 0.209. The maximum atomic E-state index is 8.90. The van der Waals surface area contributed by atoms with Gasteiger partial charge in [0.15, 0.2) is 0 Å². The minimum Gasteiger partial charge on any atom is -0.396 e. The molecule has 80 valence electrons. The molecule has 1 aromatic carbocycles. The Bertz CT molecular complexity index is 375. The van der Waals surface area contributed by atoms with E-state index in [4.69, 9.17) is 10.4 Å². The van der Waals surface area contributed by atoms with Gasteiger partial charge in [0, 0.05) is 21.7 Å². The van der Waals surface area contributed by atoms with Gasteiger partial charge in [-0.15, -0.1) is 11.8 Å². The lowest BCUT2D eigenvalue weighted by Gasteiger charge is -2.08. The van der Waals surface area contributed by atoms with Crippen molar-refractivity contribution in [3.8, 4) is 6.07 Å². The normalized spacial score (nSPS) is 12.1. The summed E-state index contributed by atoms with van der Waals surface area (Å²) in [7, 11) is 0. The monoisotopic (exact) mass is 285 g/mol. The number of aliphatic hydroxyl groups is 1. The Balaban J connectivity index is 2.67. The van der Waals surface area contributed by atoms with Gasteiger partial charge >= 0.3 is 0 Å². The first-order valence-electron chi connectivity index (χ1n) is 4.60. The summed E-state index contributed by atoms with van der Waals surface area (Å²) in [5, 5.41) is 17.6. The van der Waals surface area contributed by atoms with E-state index >= 15 is 0 Å². The lowest BCUT2D eigenvalue weighted by Crippen LogP contribution is -2.03. The molecule has 1 atom stereocenters. The second-order valence-corrected chi connectivity index (χ2v) is 5.27. The van der Waals surface area contributed by atoms with E-state index in [9.17, 15) is 0 Å². The Hall–Kier alpha value is -0.500. The van der Waals surface area contributed by atoms with Crippen LogP contribution in [0.2, 0.25) is 0 Å². The van der Waals surface area contributed by atoms with Crippen LogP contribution < -0.4 is 0 Å². The third-order valence-electron chi connectivity index (χ3n) is 1.90. The zero-order valence-corrected chi connectivity index (χ0v) is 10.8. The molecule has 0 heterocycles. The molecule has 1 unspecified atom stereocenters.